The van der Waals surface area contributed by atoms with Gasteiger partial charge in [0.1, 0.15) is 12.1 Å². The third-order valence-corrected chi connectivity index (χ3v) is 4.94. The number of carbonyl (C=O) groups is 1. The molecule has 4 atom stereocenters. The lowest BCUT2D eigenvalue weighted by Crippen LogP contribution is -2.51. The summed E-state index contributed by atoms with van der Waals surface area (Å²) in [7, 11) is 2.67. The first kappa shape index (κ1) is 10.7. The fourth-order valence-electron chi connectivity index (χ4n) is 3.51. The lowest BCUT2D eigenvalue weighted by Gasteiger charge is -2.47. The van der Waals surface area contributed by atoms with Crippen molar-refractivity contribution in [2.24, 2.45) is 23.4 Å². The summed E-state index contributed by atoms with van der Waals surface area (Å²) >= 11 is 0. The van der Waals surface area contributed by atoms with Crippen LogP contribution in [0.25, 0.3) is 0 Å². The van der Waals surface area contributed by atoms with Crippen LogP contribution in [0, 0.1) is 17.7 Å². The summed E-state index contributed by atoms with van der Waals surface area (Å²) in [6.45, 7) is -7.66. The summed E-state index contributed by atoms with van der Waals surface area (Å²) in [5.41, 5.74) is 5.99. The molecule has 1 aromatic rings. The van der Waals surface area contributed by atoms with Crippen LogP contribution in [-0.2, 0) is 16.0 Å². The zero-order valence-electron chi connectivity index (χ0n) is 31.6. The first-order valence-electron chi connectivity index (χ1n) is 16.7. The molecule has 1 fully saturated rings. The van der Waals surface area contributed by atoms with E-state index in [0.29, 0.717) is 5.56 Å². The zero-order valence-corrected chi connectivity index (χ0v) is 17.6. The second-order valence-corrected chi connectivity index (χ2v) is 7.57. The van der Waals surface area contributed by atoms with Crippen LogP contribution in [0.1, 0.15) is 76.7 Å². The number of hydrogen-bond donors (Lipinski definition) is 1. The average Bonchev–Trinajstić information content (AvgIpc) is 2.87. The monoisotopic (exact) mass is 432 g/mol. The van der Waals surface area contributed by atoms with Crippen LogP contribution in [0.5, 0.6) is 11.5 Å². The van der Waals surface area contributed by atoms with E-state index in [1.54, 1.807) is 13.8 Å². The van der Waals surface area contributed by atoms with Crippen molar-refractivity contribution in [1.29, 1.82) is 0 Å². The summed E-state index contributed by atoms with van der Waals surface area (Å²) in [5.74, 6) is -9.05. The Labute approximate surface area is 200 Å². The number of benzene rings is 1. The number of carbonyl (C=O) groups excluding carboxylic acids is 1. The van der Waals surface area contributed by atoms with Crippen molar-refractivity contribution in [3.8, 4) is 11.5 Å². The van der Waals surface area contributed by atoms with Gasteiger partial charge in [-0.1, -0.05) is 27.6 Å². The van der Waals surface area contributed by atoms with Gasteiger partial charge in [0.2, 0.25) is 0 Å². The molecule has 0 aromatic heterocycles. The van der Waals surface area contributed by atoms with Gasteiger partial charge in [-0.25, -0.2) is 0 Å². The molecule has 1 aromatic carbocycles. The Balaban J connectivity index is 2.34. The predicted molar refractivity (Wildman–Crippen MR) is 118 cm³/mol. The van der Waals surface area contributed by atoms with Crippen molar-refractivity contribution in [2.45, 2.75) is 64.9 Å². The Kier molecular flexibility index (Phi) is 3.41. The number of piperidine rings is 1. The van der Waals surface area contributed by atoms with Gasteiger partial charge in [-0.2, -0.15) is 0 Å². The van der Waals surface area contributed by atoms with Gasteiger partial charge in [-0.15, -0.1) is 0 Å². The molecule has 3 unspecified atom stereocenters. The highest BCUT2D eigenvalue weighted by atomic mass is 16.5. The Hall–Kier alpha value is -1.79. The van der Waals surface area contributed by atoms with Gasteiger partial charge >= 0.3 is 5.97 Å². The van der Waals surface area contributed by atoms with E-state index in [1.165, 1.54) is 26.4 Å². The first-order valence-corrected chi connectivity index (χ1v) is 9.67. The molecule has 2 heterocycles. The molecule has 0 bridgehead atoms. The number of methoxy groups -OCH3 is 2. The van der Waals surface area contributed by atoms with Gasteiger partial charge in [0.25, 0.3) is 0 Å². The normalized spacial score (nSPS) is 42.3. The summed E-state index contributed by atoms with van der Waals surface area (Å²) < 4.78 is 134. The number of nitrogens with zero attached hydrogens (tertiary/aromatic N) is 1. The van der Waals surface area contributed by atoms with Crippen molar-refractivity contribution < 1.29 is 38.2 Å². The summed E-state index contributed by atoms with van der Waals surface area (Å²) in [6, 6.07) is -3.82. The van der Waals surface area contributed by atoms with E-state index in [4.69, 9.17) is 33.7 Å². The quantitative estimate of drug-likeness (QED) is 0.664. The Morgan fingerprint density at radius 3 is 2.70 bits per heavy atom. The zero-order chi connectivity index (χ0) is 34.3. The molecule has 6 heteroatoms. The third kappa shape index (κ3) is 4.75. The molecule has 2 aliphatic rings. The lowest BCUT2D eigenvalue weighted by atomic mass is 9.79. The van der Waals surface area contributed by atoms with Gasteiger partial charge in [0.05, 0.1) is 17.0 Å². The smallest absolute Gasteiger partial charge is 0.323 e. The second-order valence-electron chi connectivity index (χ2n) is 7.57. The number of hydrogen-bond acceptors (Lipinski definition) is 6. The van der Waals surface area contributed by atoms with E-state index >= 15 is 0 Å². The van der Waals surface area contributed by atoms with Crippen LogP contribution < -0.4 is 15.2 Å². The lowest BCUT2D eigenvalue weighted by molar-refractivity contribution is -0.160. The Morgan fingerprint density at radius 1 is 1.37 bits per heavy atom. The Bertz CT molecular complexity index is 1270. The fourth-order valence-corrected chi connectivity index (χ4v) is 3.51. The average molecular weight is 433 g/mol. The van der Waals surface area contributed by atoms with E-state index in [2.05, 4.69) is 0 Å². The minimum atomic E-state index is -3.99. The highest BCUT2D eigenvalue weighted by Crippen LogP contribution is 2.44. The maximum Gasteiger partial charge on any atom is 0.323 e. The van der Waals surface area contributed by atoms with Crippen molar-refractivity contribution in [3.63, 3.8) is 0 Å². The molecule has 2 N–H and O–H groups in total. The molecule has 0 aliphatic carbocycles. The molecule has 0 radical (unpaired) electrons. The largest absolute Gasteiger partial charge is 0.493 e. The van der Waals surface area contributed by atoms with Crippen LogP contribution in [0.2, 0.25) is 0 Å². The molecule has 3 rings (SSSR count). The van der Waals surface area contributed by atoms with Crippen LogP contribution in [0.15, 0.2) is 12.1 Å². The van der Waals surface area contributed by atoms with Crippen LogP contribution in [-0.4, -0.2) is 50.3 Å². The first-order chi connectivity index (χ1) is 19.6. The van der Waals surface area contributed by atoms with Crippen molar-refractivity contribution in [3.05, 3.63) is 23.3 Å². The standard InChI is InChI=1S/C24H38N2O4/c1-14(2)9-17-13-26-8-7-16-10-21(28-5)22(29-6)11-18(16)19(26)12-20(17)30-24(27)23(25)15(3)4/h10-11,14-15,17,19-20,23H,7-9,12-13,25H2,1-6H3/t17?,19?,20?,23-/m0/s1/i3D3,4D3,12D2,13D2,15D,17D,19D,23D. The third-order valence-electron chi connectivity index (χ3n) is 4.94. The molecule has 1 saturated heterocycles. The molecule has 0 saturated carbocycles. The maximum absolute atomic E-state index is 13.6. The molecule has 2 aliphatic heterocycles. The topological polar surface area (TPSA) is 74.0 Å². The van der Waals surface area contributed by atoms with Crippen LogP contribution in [0.4, 0.5) is 0 Å². The predicted octanol–water partition coefficient (Wildman–Crippen LogP) is 3.56. The molecule has 0 spiro atoms. The van der Waals surface area contributed by atoms with E-state index < -0.39 is 74.8 Å². The van der Waals surface area contributed by atoms with Gasteiger partial charge < -0.3 is 19.9 Å². The molecule has 6 nitrogen and oxygen atoms in total. The molecule has 0 amide bonds. The minimum Gasteiger partial charge on any atom is -0.493 e. The molecular weight excluding hydrogens is 380 g/mol. The number of esters is 1. The van der Waals surface area contributed by atoms with E-state index in [1.807, 2.05) is 0 Å². The van der Waals surface area contributed by atoms with Gasteiger partial charge in [0, 0.05) is 47.8 Å². The maximum atomic E-state index is 13.6. The SMILES string of the molecule is [2H]C([2H])([2H])C([2H])(C([2H])([2H])[2H])[C@]([2H])(N)C(=O)OC1C([2H])([2H])C2([2H])c3cc(OC)c(OC)cc3CCN2C([2H])([2H])C1([2H])CC(C)C. The van der Waals surface area contributed by atoms with E-state index in [0.717, 1.165) is 4.90 Å². The van der Waals surface area contributed by atoms with Gasteiger partial charge in [-0.3, -0.25) is 9.69 Å². The highest BCUT2D eigenvalue weighted by molar-refractivity contribution is 5.76. The molecule has 30 heavy (non-hydrogen) atoms. The van der Waals surface area contributed by atoms with Crippen molar-refractivity contribution in [2.75, 3.05) is 27.3 Å². The van der Waals surface area contributed by atoms with Gasteiger partial charge in [-0.05, 0) is 47.9 Å². The summed E-state index contributed by atoms with van der Waals surface area (Å²) in [5, 5.41) is 0. The van der Waals surface area contributed by atoms with Crippen molar-refractivity contribution in [1.82, 2.24) is 4.90 Å². The summed E-state index contributed by atoms with van der Waals surface area (Å²) in [6.07, 6.45) is -6.09. The van der Waals surface area contributed by atoms with E-state index in [9.17, 15) is 10.3 Å². The molecule has 168 valence electrons. The van der Waals surface area contributed by atoms with Gasteiger partial charge in [0.15, 0.2) is 11.5 Å². The minimum absolute atomic E-state index is 0.0796. The Morgan fingerprint density at radius 2 is 2.07 bits per heavy atom. The number of rotatable bonds is 7. The highest BCUT2D eigenvalue weighted by Gasteiger charge is 2.41. The number of fused-ring (bicyclic) bond motifs is 3. The second kappa shape index (κ2) is 9.56. The fraction of sp³-hybridized carbons (Fsp3) is 0.708. The summed E-state index contributed by atoms with van der Waals surface area (Å²) in [4.78, 5) is 14.5. The number of ether oxygens (including phenoxy) is 3. The van der Waals surface area contributed by atoms with Crippen molar-refractivity contribution >= 4 is 5.97 Å². The van der Waals surface area contributed by atoms with Crippen LogP contribution in [0.3, 0.4) is 0 Å². The van der Waals surface area contributed by atoms with E-state index in [-0.39, 0.29) is 30.0 Å². The molecular formula is C24H38N2O4. The number of nitrogens with two attached hydrogens (primary N) is 1. The van der Waals surface area contributed by atoms with Crippen LogP contribution >= 0.6 is 0 Å².